The fourth-order valence-electron chi connectivity index (χ4n) is 3.71. The number of rotatable bonds is 7. The van der Waals surface area contributed by atoms with E-state index >= 15 is 0 Å². The van der Waals surface area contributed by atoms with Gasteiger partial charge < -0.3 is 20.1 Å². The molecule has 0 amide bonds. The number of carboxylic acid groups (broad SMARTS) is 1. The zero-order valence-corrected chi connectivity index (χ0v) is 20.7. The number of hydrogen-bond donors (Lipinski definition) is 2. The molecule has 1 fully saturated rings. The average molecular weight is 517 g/mol. The summed E-state index contributed by atoms with van der Waals surface area (Å²) in [5.41, 5.74) is 1.16. The van der Waals surface area contributed by atoms with Gasteiger partial charge in [0.25, 0.3) is 10.0 Å². The summed E-state index contributed by atoms with van der Waals surface area (Å²) in [4.78, 5) is 30.1. The van der Waals surface area contributed by atoms with Gasteiger partial charge in [0.1, 0.15) is 15.6 Å². The average Bonchev–Trinajstić information content (AvgIpc) is 3.35. The Labute approximate surface area is 206 Å². The van der Waals surface area contributed by atoms with Crippen LogP contribution in [0, 0.1) is 0 Å². The highest BCUT2D eigenvalue weighted by atomic mass is 32.2. The lowest BCUT2D eigenvalue weighted by atomic mass is 10.2. The number of sulfonamides is 1. The van der Waals surface area contributed by atoms with Crippen molar-refractivity contribution in [3.05, 3.63) is 59.1 Å². The first-order chi connectivity index (χ1) is 16.7. The zero-order valence-electron chi connectivity index (χ0n) is 19.1. The van der Waals surface area contributed by atoms with Gasteiger partial charge in [0.05, 0.1) is 23.2 Å². The minimum absolute atomic E-state index is 0.0893. The maximum atomic E-state index is 13.6. The van der Waals surface area contributed by atoms with E-state index in [0.29, 0.717) is 21.9 Å². The van der Waals surface area contributed by atoms with Crippen molar-refractivity contribution in [3.63, 3.8) is 0 Å². The molecule has 12 heteroatoms. The third-order valence-corrected chi connectivity index (χ3v) is 8.76. The van der Waals surface area contributed by atoms with E-state index in [1.54, 1.807) is 18.3 Å². The molecular formula is C23H24N4O6S2. The highest BCUT2D eigenvalue weighted by molar-refractivity contribution is 7.93. The van der Waals surface area contributed by atoms with Crippen molar-refractivity contribution in [3.8, 4) is 10.4 Å². The van der Waals surface area contributed by atoms with Gasteiger partial charge in [-0.2, -0.15) is 0 Å². The first kappa shape index (κ1) is 24.6. The first-order valence-corrected chi connectivity index (χ1v) is 12.9. The van der Waals surface area contributed by atoms with Gasteiger partial charge in [0.2, 0.25) is 0 Å². The zero-order chi connectivity index (χ0) is 25.2. The first-order valence-electron chi connectivity index (χ1n) is 10.7. The molecule has 0 atom stereocenters. The number of esters is 1. The molecule has 0 unspecified atom stereocenters. The Morgan fingerprint density at radius 2 is 1.83 bits per heavy atom. The number of thiophene rings is 1. The van der Waals surface area contributed by atoms with Crippen LogP contribution >= 0.6 is 11.3 Å². The van der Waals surface area contributed by atoms with Crippen LogP contribution in [-0.4, -0.2) is 70.8 Å². The number of hydrogen-bond acceptors (Lipinski definition) is 9. The predicted octanol–water partition coefficient (Wildman–Crippen LogP) is 2.53. The number of aromatic nitrogens is 1. The van der Waals surface area contributed by atoms with Gasteiger partial charge >= 0.3 is 11.9 Å². The molecule has 1 aliphatic rings. The maximum Gasteiger partial charge on any atom is 0.345 e. The number of benzene rings is 1. The summed E-state index contributed by atoms with van der Waals surface area (Å²) >= 11 is 0.900. The topological polar surface area (TPSA) is 129 Å². The molecule has 2 aromatic heterocycles. The number of carbonyl (C=O) groups excluding carboxylic acids is 1. The summed E-state index contributed by atoms with van der Waals surface area (Å²) in [5.74, 6) is -1.05. The van der Waals surface area contributed by atoms with E-state index in [9.17, 15) is 23.1 Å². The van der Waals surface area contributed by atoms with Crippen molar-refractivity contribution < 1.29 is 27.9 Å². The molecule has 0 radical (unpaired) electrons. The number of anilines is 2. The standard InChI is InChI=1S/C23H24N4O6S2/c1-26(17-5-3-15(4-6-17)23(30)33-2)35(31,32)19-14-18(22(28)29)34-21(19)16-7-8-25-20(13-16)27-11-9-24-10-12-27/h3-8,13-14,24H,9-12H2,1-2H3,(H,28,29). The summed E-state index contributed by atoms with van der Waals surface area (Å²) in [6, 6.07) is 10.5. The highest BCUT2D eigenvalue weighted by Crippen LogP contribution is 2.39. The molecule has 0 bridgehead atoms. The van der Waals surface area contributed by atoms with E-state index in [2.05, 4.69) is 19.9 Å². The number of ether oxygens (including phenoxy) is 1. The van der Waals surface area contributed by atoms with Gasteiger partial charge in [-0.15, -0.1) is 11.3 Å². The molecule has 3 aromatic rings. The minimum Gasteiger partial charge on any atom is -0.477 e. The second-order valence-electron chi connectivity index (χ2n) is 7.76. The Balaban J connectivity index is 1.74. The lowest BCUT2D eigenvalue weighted by Crippen LogP contribution is -2.43. The minimum atomic E-state index is -4.14. The van der Waals surface area contributed by atoms with Crippen LogP contribution in [0.5, 0.6) is 0 Å². The lowest BCUT2D eigenvalue weighted by Gasteiger charge is -2.28. The van der Waals surface area contributed by atoms with Gasteiger partial charge in [-0.1, -0.05) is 0 Å². The van der Waals surface area contributed by atoms with Gasteiger partial charge in [-0.05, 0) is 48.0 Å². The third kappa shape index (κ3) is 4.99. The van der Waals surface area contributed by atoms with Crippen LogP contribution in [0.15, 0.2) is 53.6 Å². The Hall–Kier alpha value is -3.48. The number of methoxy groups -OCH3 is 1. The van der Waals surface area contributed by atoms with Crippen LogP contribution in [0.25, 0.3) is 10.4 Å². The summed E-state index contributed by atoms with van der Waals surface area (Å²) in [7, 11) is -1.50. The second-order valence-corrected chi connectivity index (χ2v) is 10.7. The maximum absolute atomic E-state index is 13.6. The Bertz CT molecular complexity index is 1350. The smallest absolute Gasteiger partial charge is 0.345 e. The molecule has 0 aliphatic carbocycles. The van der Waals surface area contributed by atoms with E-state index in [4.69, 9.17) is 0 Å². The molecule has 0 spiro atoms. The van der Waals surface area contributed by atoms with Gasteiger partial charge in [-0.25, -0.2) is 23.0 Å². The van der Waals surface area contributed by atoms with E-state index in [1.807, 2.05) is 0 Å². The van der Waals surface area contributed by atoms with E-state index in [0.717, 1.165) is 41.8 Å². The van der Waals surface area contributed by atoms with Crippen molar-refractivity contribution in [2.75, 3.05) is 49.5 Å². The van der Waals surface area contributed by atoms with Crippen molar-refractivity contribution in [1.29, 1.82) is 0 Å². The summed E-state index contributed by atoms with van der Waals surface area (Å²) in [5, 5.41) is 12.9. The number of carboxylic acids is 1. The fraction of sp³-hybridized carbons (Fsp3) is 0.261. The second kappa shape index (κ2) is 10.0. The Morgan fingerprint density at radius 3 is 2.46 bits per heavy atom. The number of nitrogens with one attached hydrogen (secondary N) is 1. The summed E-state index contributed by atoms with van der Waals surface area (Å²) < 4.78 is 33.0. The van der Waals surface area contributed by atoms with Gasteiger partial charge in [0.15, 0.2) is 0 Å². The van der Waals surface area contributed by atoms with E-state index < -0.39 is 22.0 Å². The largest absolute Gasteiger partial charge is 0.477 e. The normalized spacial score (nSPS) is 13.9. The molecule has 1 aliphatic heterocycles. The molecule has 2 N–H and O–H groups in total. The Morgan fingerprint density at radius 1 is 1.14 bits per heavy atom. The third-order valence-electron chi connectivity index (χ3n) is 5.65. The predicted molar refractivity (Wildman–Crippen MR) is 133 cm³/mol. The van der Waals surface area contributed by atoms with Crippen molar-refractivity contribution in [1.82, 2.24) is 10.3 Å². The quantitative estimate of drug-likeness (QED) is 0.455. The van der Waals surface area contributed by atoms with E-state index in [1.165, 1.54) is 44.5 Å². The van der Waals surface area contributed by atoms with Crippen molar-refractivity contribution in [2.45, 2.75) is 4.90 Å². The molecular weight excluding hydrogens is 492 g/mol. The molecule has 3 heterocycles. The van der Waals surface area contributed by atoms with Crippen LogP contribution in [0.4, 0.5) is 11.5 Å². The number of carbonyl (C=O) groups is 2. The van der Waals surface area contributed by atoms with E-state index in [-0.39, 0.29) is 15.3 Å². The van der Waals surface area contributed by atoms with Crippen LogP contribution in [-0.2, 0) is 14.8 Å². The number of aromatic carboxylic acids is 1. The summed E-state index contributed by atoms with van der Waals surface area (Å²) in [6.07, 6.45) is 1.60. The molecule has 1 saturated heterocycles. The molecule has 10 nitrogen and oxygen atoms in total. The lowest BCUT2D eigenvalue weighted by molar-refractivity contribution is 0.0600. The summed E-state index contributed by atoms with van der Waals surface area (Å²) in [6.45, 7) is 3.15. The van der Waals surface area contributed by atoms with Crippen molar-refractivity contribution in [2.24, 2.45) is 0 Å². The molecule has 35 heavy (non-hydrogen) atoms. The van der Waals surface area contributed by atoms with Gasteiger partial charge in [-0.3, -0.25) is 4.31 Å². The Kier molecular flexibility index (Phi) is 7.05. The van der Waals surface area contributed by atoms with Crippen molar-refractivity contribution >= 4 is 44.8 Å². The molecule has 184 valence electrons. The number of pyridine rings is 1. The molecule has 0 saturated carbocycles. The highest BCUT2D eigenvalue weighted by Gasteiger charge is 2.29. The molecule has 1 aromatic carbocycles. The van der Waals surface area contributed by atoms with Gasteiger partial charge in [0, 0.05) is 39.4 Å². The fourth-order valence-corrected chi connectivity index (χ4v) is 6.43. The molecule has 4 rings (SSSR count). The van der Waals surface area contributed by atoms with Crippen LogP contribution in [0.3, 0.4) is 0 Å². The van der Waals surface area contributed by atoms with Crippen LogP contribution in [0.1, 0.15) is 20.0 Å². The number of nitrogens with zero attached hydrogens (tertiary/aromatic N) is 3. The van der Waals surface area contributed by atoms with Crippen LogP contribution in [0.2, 0.25) is 0 Å². The van der Waals surface area contributed by atoms with Crippen LogP contribution < -0.4 is 14.5 Å². The SMILES string of the molecule is COC(=O)c1ccc(N(C)S(=O)(=O)c2cc(C(=O)O)sc2-c2ccnc(N3CCNCC3)c2)cc1. The monoisotopic (exact) mass is 516 g/mol. The number of piperazine rings is 1.